The van der Waals surface area contributed by atoms with E-state index >= 15 is 0 Å². The van der Waals surface area contributed by atoms with Crippen molar-refractivity contribution >= 4 is 27.3 Å². The molecule has 1 unspecified atom stereocenters. The van der Waals surface area contributed by atoms with Crippen molar-refractivity contribution in [3.63, 3.8) is 0 Å². The van der Waals surface area contributed by atoms with Crippen molar-refractivity contribution in [2.45, 2.75) is 24.3 Å². The number of rotatable bonds is 3. The van der Waals surface area contributed by atoms with Crippen LogP contribution in [0.25, 0.3) is 0 Å². The summed E-state index contributed by atoms with van der Waals surface area (Å²) in [6.45, 7) is 3.75. The highest BCUT2D eigenvalue weighted by molar-refractivity contribution is 7.90. The van der Waals surface area contributed by atoms with Crippen molar-refractivity contribution < 1.29 is 13.2 Å². The lowest BCUT2D eigenvalue weighted by Crippen LogP contribution is -2.26. The minimum absolute atomic E-state index is 0.133. The Labute approximate surface area is 176 Å². The van der Waals surface area contributed by atoms with E-state index in [0.717, 1.165) is 11.1 Å². The highest BCUT2D eigenvalue weighted by atomic mass is 35.5. The van der Waals surface area contributed by atoms with Gasteiger partial charge < -0.3 is 4.74 Å². The van der Waals surface area contributed by atoms with Crippen LogP contribution < -0.4 is 0 Å². The Morgan fingerprint density at radius 1 is 1.03 bits per heavy atom. The summed E-state index contributed by atoms with van der Waals surface area (Å²) in [7, 11) is -2.29. The number of allylic oxidation sites excluding steroid dienone is 2. The van der Waals surface area contributed by atoms with Crippen LogP contribution in [0, 0.1) is 18.8 Å². The first kappa shape index (κ1) is 21.1. The van der Waals surface area contributed by atoms with E-state index in [1.807, 2.05) is 13.8 Å². The molecule has 6 heteroatoms. The van der Waals surface area contributed by atoms with Crippen LogP contribution in [0.3, 0.4) is 0 Å². The molecule has 1 atom stereocenters. The Kier molecular flexibility index (Phi) is 6.09. The van der Waals surface area contributed by atoms with E-state index in [9.17, 15) is 8.42 Å². The summed E-state index contributed by atoms with van der Waals surface area (Å²) in [6.07, 6.45) is 5.14. The first-order valence-electron chi connectivity index (χ1n) is 8.88. The molecule has 2 aromatic rings. The van der Waals surface area contributed by atoms with Gasteiger partial charge in [0.2, 0.25) is 0 Å². The van der Waals surface area contributed by atoms with Crippen LogP contribution in [0.15, 0.2) is 81.6 Å². The van der Waals surface area contributed by atoms with Crippen molar-refractivity contribution in [1.82, 2.24) is 0 Å². The first-order chi connectivity index (χ1) is 13.7. The molecule has 29 heavy (non-hydrogen) atoms. The summed E-state index contributed by atoms with van der Waals surface area (Å²) in [6, 6.07) is 13.7. The number of ether oxygens (including phenoxy) is 1. The predicted octanol–water partition coefficient (Wildman–Crippen LogP) is 4.73. The third kappa shape index (κ3) is 5.24. The molecule has 0 radical (unpaired) electrons. The van der Waals surface area contributed by atoms with E-state index in [-0.39, 0.29) is 10.6 Å². The fourth-order valence-electron chi connectivity index (χ4n) is 2.61. The second kappa shape index (κ2) is 8.38. The van der Waals surface area contributed by atoms with Gasteiger partial charge in [-0.15, -0.1) is 0 Å². The van der Waals surface area contributed by atoms with E-state index < -0.39 is 15.6 Å². The molecule has 0 aromatic heterocycles. The van der Waals surface area contributed by atoms with Crippen molar-refractivity contribution in [2.24, 2.45) is 4.40 Å². The lowest BCUT2D eigenvalue weighted by Gasteiger charge is -2.24. The highest BCUT2D eigenvalue weighted by Crippen LogP contribution is 2.24. The molecule has 0 heterocycles. The Balaban J connectivity index is 2.03. The molecule has 2 aromatic carbocycles. The van der Waals surface area contributed by atoms with E-state index in [4.69, 9.17) is 16.3 Å². The minimum Gasteiger partial charge on any atom is -0.370 e. The van der Waals surface area contributed by atoms with Gasteiger partial charge in [-0.2, -0.15) is 12.8 Å². The molecule has 0 saturated carbocycles. The first-order valence-corrected chi connectivity index (χ1v) is 10.7. The molecule has 0 amide bonds. The molecular weight excluding hydrogens is 406 g/mol. The average molecular weight is 426 g/mol. The Morgan fingerprint density at radius 3 is 2.31 bits per heavy atom. The molecule has 1 aliphatic rings. The number of hydrogen-bond acceptors (Lipinski definition) is 3. The van der Waals surface area contributed by atoms with Gasteiger partial charge in [0.1, 0.15) is 5.60 Å². The van der Waals surface area contributed by atoms with Crippen LogP contribution in [-0.2, 0) is 14.8 Å². The van der Waals surface area contributed by atoms with Crippen LogP contribution in [0.1, 0.15) is 18.1 Å². The maximum Gasteiger partial charge on any atom is 0.282 e. The van der Waals surface area contributed by atoms with Gasteiger partial charge in [-0.25, -0.2) is 0 Å². The van der Waals surface area contributed by atoms with Gasteiger partial charge in [-0.3, -0.25) is 0 Å². The molecule has 0 spiro atoms. The number of methoxy groups -OCH3 is 1. The molecule has 0 aliphatic heterocycles. The number of aryl methyl sites for hydroxylation is 1. The largest absolute Gasteiger partial charge is 0.370 e. The Hall–Kier alpha value is -2.65. The third-order valence-electron chi connectivity index (χ3n) is 4.44. The molecule has 148 valence electrons. The second-order valence-corrected chi connectivity index (χ2v) is 8.84. The van der Waals surface area contributed by atoms with E-state index in [1.54, 1.807) is 73.9 Å². The zero-order valence-corrected chi connectivity index (χ0v) is 17.9. The number of nitrogens with zero attached hydrogens (tertiary/aromatic N) is 1. The van der Waals surface area contributed by atoms with Crippen LogP contribution in [0.2, 0.25) is 5.02 Å². The van der Waals surface area contributed by atoms with Gasteiger partial charge in [0.25, 0.3) is 10.0 Å². The zero-order chi connectivity index (χ0) is 21.1. The van der Waals surface area contributed by atoms with Gasteiger partial charge in [0.05, 0.1) is 16.2 Å². The third-order valence-corrected chi connectivity index (χ3v) is 6.00. The minimum atomic E-state index is -3.87. The predicted molar refractivity (Wildman–Crippen MR) is 117 cm³/mol. The molecule has 1 aliphatic carbocycles. The number of benzene rings is 2. The molecule has 0 N–H and O–H groups in total. The fraction of sp³-hybridized carbons (Fsp3) is 0.174. The molecule has 0 fully saturated rings. The van der Waals surface area contributed by atoms with Crippen molar-refractivity contribution in [3.8, 4) is 11.8 Å². The van der Waals surface area contributed by atoms with Gasteiger partial charge in [-0.05, 0) is 68.5 Å². The molecule has 0 bridgehead atoms. The van der Waals surface area contributed by atoms with Crippen LogP contribution in [-0.4, -0.2) is 26.8 Å². The fourth-order valence-corrected chi connectivity index (χ4v) is 3.74. The Morgan fingerprint density at radius 2 is 1.69 bits per heavy atom. The van der Waals surface area contributed by atoms with E-state index in [0.29, 0.717) is 10.6 Å². The second-order valence-electron chi connectivity index (χ2n) is 6.80. The maximum absolute atomic E-state index is 12.8. The lowest BCUT2D eigenvalue weighted by molar-refractivity contribution is 0.0901. The van der Waals surface area contributed by atoms with Crippen molar-refractivity contribution in [2.75, 3.05) is 7.11 Å². The standard InChI is InChI=1S/C23H20ClNO3S/c1-17-4-12-21(13-5-17)29(26,27)25-22-14-15-23(2,28-3)16-19(22)9-6-18-7-10-20(24)11-8-18/h4-5,7-8,10-16H,1-3H3/b25-22+. The van der Waals surface area contributed by atoms with Gasteiger partial charge in [0, 0.05) is 17.7 Å². The molecule has 4 nitrogen and oxygen atoms in total. The summed E-state index contributed by atoms with van der Waals surface area (Å²) in [5.74, 6) is 6.05. The maximum atomic E-state index is 12.8. The summed E-state index contributed by atoms with van der Waals surface area (Å²) in [5.41, 5.74) is 1.77. The summed E-state index contributed by atoms with van der Waals surface area (Å²) < 4.78 is 35.0. The average Bonchev–Trinajstić information content (AvgIpc) is 2.70. The van der Waals surface area contributed by atoms with Gasteiger partial charge in [0.15, 0.2) is 0 Å². The highest BCUT2D eigenvalue weighted by Gasteiger charge is 2.25. The summed E-state index contributed by atoms with van der Waals surface area (Å²) >= 11 is 5.91. The molecule has 3 rings (SSSR count). The van der Waals surface area contributed by atoms with Gasteiger partial charge >= 0.3 is 0 Å². The zero-order valence-electron chi connectivity index (χ0n) is 16.3. The SMILES string of the molecule is COC1(C)C=C/C(=N\S(=O)(=O)c2ccc(C)cc2)C(C#Cc2ccc(Cl)cc2)=C1. The molecular formula is C23H20ClNO3S. The summed E-state index contributed by atoms with van der Waals surface area (Å²) in [4.78, 5) is 0.133. The number of halogens is 1. The smallest absolute Gasteiger partial charge is 0.282 e. The van der Waals surface area contributed by atoms with Crippen molar-refractivity contribution in [1.29, 1.82) is 0 Å². The quantitative estimate of drug-likeness (QED) is 0.668. The number of hydrogen-bond donors (Lipinski definition) is 0. The van der Waals surface area contributed by atoms with Gasteiger partial charge in [-0.1, -0.05) is 41.1 Å². The van der Waals surface area contributed by atoms with Crippen LogP contribution >= 0.6 is 11.6 Å². The van der Waals surface area contributed by atoms with Crippen LogP contribution in [0.5, 0.6) is 0 Å². The lowest BCUT2D eigenvalue weighted by atomic mass is 9.93. The van der Waals surface area contributed by atoms with E-state index in [1.165, 1.54) is 0 Å². The summed E-state index contributed by atoms with van der Waals surface area (Å²) in [5, 5.41) is 0.619. The van der Waals surface area contributed by atoms with Crippen molar-refractivity contribution in [3.05, 3.63) is 88.5 Å². The topological polar surface area (TPSA) is 55.7 Å². The normalized spacial score (nSPS) is 20.1. The molecule has 0 saturated heterocycles. The van der Waals surface area contributed by atoms with E-state index in [2.05, 4.69) is 16.2 Å². The Bertz CT molecular complexity index is 1170. The monoisotopic (exact) mass is 425 g/mol. The number of sulfonamides is 1. The van der Waals surface area contributed by atoms with Crippen LogP contribution in [0.4, 0.5) is 0 Å².